The van der Waals surface area contributed by atoms with Crippen LogP contribution in [0.5, 0.6) is 0 Å². The monoisotopic (exact) mass is 255 g/mol. The number of carbonyl (C=O) groups is 1. The SMILES string of the molecule is COC(=O)C(C)Nc1nnc(C(F)(F)F)s1. The van der Waals surface area contributed by atoms with Gasteiger partial charge in [0.05, 0.1) is 7.11 Å². The van der Waals surface area contributed by atoms with Crippen molar-refractivity contribution in [1.29, 1.82) is 0 Å². The van der Waals surface area contributed by atoms with E-state index >= 15 is 0 Å². The average Bonchev–Trinajstić information content (AvgIpc) is 2.64. The van der Waals surface area contributed by atoms with Gasteiger partial charge in [0.25, 0.3) is 0 Å². The highest BCUT2D eigenvalue weighted by atomic mass is 32.1. The molecule has 1 atom stereocenters. The Bertz CT molecular complexity index is 379. The van der Waals surface area contributed by atoms with Gasteiger partial charge in [-0.2, -0.15) is 13.2 Å². The topological polar surface area (TPSA) is 64.1 Å². The van der Waals surface area contributed by atoms with E-state index in [2.05, 4.69) is 20.3 Å². The standard InChI is InChI=1S/C7H8F3N3O2S/c1-3(4(14)15-2)11-6-13-12-5(16-6)7(8,9)10/h3H,1-2H3,(H,11,13). The number of hydrogen-bond donors (Lipinski definition) is 1. The minimum atomic E-state index is -4.52. The molecule has 0 radical (unpaired) electrons. The van der Waals surface area contributed by atoms with Crippen LogP contribution < -0.4 is 5.32 Å². The summed E-state index contributed by atoms with van der Waals surface area (Å²) in [5, 5.41) is 7.54. The van der Waals surface area contributed by atoms with Gasteiger partial charge in [-0.3, -0.25) is 0 Å². The maximum Gasteiger partial charge on any atom is 0.445 e. The van der Waals surface area contributed by atoms with Crippen LogP contribution in [0, 0.1) is 0 Å². The molecule has 0 aliphatic heterocycles. The van der Waals surface area contributed by atoms with Gasteiger partial charge in [-0.15, -0.1) is 10.2 Å². The third-order valence-corrected chi connectivity index (χ3v) is 2.46. The summed E-state index contributed by atoms with van der Waals surface area (Å²) in [6.07, 6.45) is -4.52. The van der Waals surface area contributed by atoms with E-state index in [1.807, 2.05) is 0 Å². The van der Waals surface area contributed by atoms with Crippen LogP contribution in [0.25, 0.3) is 0 Å². The first kappa shape index (κ1) is 12.7. The summed E-state index contributed by atoms with van der Waals surface area (Å²) in [6, 6.07) is -0.779. The number of rotatable bonds is 3. The minimum absolute atomic E-state index is 0.0785. The quantitative estimate of drug-likeness (QED) is 0.830. The van der Waals surface area contributed by atoms with E-state index in [-0.39, 0.29) is 5.13 Å². The molecule has 0 saturated heterocycles. The molecule has 0 fully saturated rings. The number of carbonyl (C=O) groups excluding carboxylic acids is 1. The zero-order valence-electron chi connectivity index (χ0n) is 8.33. The van der Waals surface area contributed by atoms with Gasteiger partial charge < -0.3 is 10.1 Å². The fourth-order valence-corrected chi connectivity index (χ4v) is 1.51. The van der Waals surface area contributed by atoms with Gasteiger partial charge >= 0.3 is 12.1 Å². The number of esters is 1. The van der Waals surface area contributed by atoms with Gasteiger partial charge in [0.15, 0.2) is 0 Å². The van der Waals surface area contributed by atoms with E-state index < -0.39 is 23.2 Å². The lowest BCUT2D eigenvalue weighted by Gasteiger charge is -2.08. The molecule has 0 saturated carbocycles. The normalized spacial score (nSPS) is 13.3. The molecule has 0 aliphatic carbocycles. The largest absolute Gasteiger partial charge is 0.467 e. The number of anilines is 1. The maximum atomic E-state index is 12.2. The van der Waals surface area contributed by atoms with Crippen molar-refractivity contribution in [3.8, 4) is 0 Å². The van der Waals surface area contributed by atoms with E-state index in [1.54, 1.807) is 0 Å². The van der Waals surface area contributed by atoms with Crippen LogP contribution in [0.2, 0.25) is 0 Å². The highest BCUT2D eigenvalue weighted by Gasteiger charge is 2.35. The lowest BCUT2D eigenvalue weighted by atomic mass is 10.3. The van der Waals surface area contributed by atoms with E-state index in [0.717, 1.165) is 0 Å². The van der Waals surface area contributed by atoms with Gasteiger partial charge in [-0.05, 0) is 6.92 Å². The first-order valence-corrected chi connectivity index (χ1v) is 4.91. The lowest BCUT2D eigenvalue weighted by molar-refractivity contribution is -0.141. The number of alkyl halides is 3. The highest BCUT2D eigenvalue weighted by Crippen LogP contribution is 2.33. The second-order valence-electron chi connectivity index (χ2n) is 2.80. The average molecular weight is 255 g/mol. The highest BCUT2D eigenvalue weighted by molar-refractivity contribution is 7.15. The van der Waals surface area contributed by atoms with E-state index in [1.165, 1.54) is 14.0 Å². The molecule has 16 heavy (non-hydrogen) atoms. The number of methoxy groups -OCH3 is 1. The summed E-state index contributed by atoms with van der Waals surface area (Å²) in [5.41, 5.74) is 0. The Kier molecular flexibility index (Phi) is 3.68. The molecule has 0 aliphatic rings. The molecule has 0 aromatic carbocycles. The van der Waals surface area contributed by atoms with E-state index in [0.29, 0.717) is 11.3 Å². The number of nitrogens with one attached hydrogen (secondary N) is 1. The number of ether oxygens (including phenoxy) is 1. The summed E-state index contributed by atoms with van der Waals surface area (Å²) in [5.74, 6) is -0.594. The Morgan fingerprint density at radius 3 is 2.56 bits per heavy atom. The van der Waals surface area contributed by atoms with Crippen LogP contribution in [0.3, 0.4) is 0 Å². The molecule has 1 heterocycles. The van der Waals surface area contributed by atoms with Crippen molar-refractivity contribution in [3.05, 3.63) is 5.01 Å². The molecule has 0 spiro atoms. The van der Waals surface area contributed by atoms with Crippen molar-refractivity contribution in [2.75, 3.05) is 12.4 Å². The molecule has 1 rings (SSSR count). The summed E-state index contributed by atoms with van der Waals surface area (Å²) < 4.78 is 40.8. The number of halogens is 3. The zero-order chi connectivity index (χ0) is 12.3. The van der Waals surface area contributed by atoms with Crippen LogP contribution in [-0.4, -0.2) is 29.3 Å². The predicted molar refractivity (Wildman–Crippen MR) is 50.0 cm³/mol. The molecule has 0 bridgehead atoms. The summed E-state index contributed by atoms with van der Waals surface area (Å²) in [6.45, 7) is 1.44. The molecule has 9 heteroatoms. The molecule has 90 valence electrons. The first-order chi connectivity index (χ1) is 7.34. The summed E-state index contributed by atoms with van der Waals surface area (Å²) in [4.78, 5) is 11.0. The fourth-order valence-electron chi connectivity index (χ4n) is 0.817. The van der Waals surface area contributed by atoms with Crippen molar-refractivity contribution in [1.82, 2.24) is 10.2 Å². The molecule has 5 nitrogen and oxygen atoms in total. The Morgan fingerprint density at radius 1 is 1.50 bits per heavy atom. The van der Waals surface area contributed by atoms with Crippen molar-refractivity contribution in [2.45, 2.75) is 19.1 Å². The second-order valence-corrected chi connectivity index (χ2v) is 3.78. The van der Waals surface area contributed by atoms with Crippen LogP contribution in [0.1, 0.15) is 11.9 Å². The van der Waals surface area contributed by atoms with Crippen molar-refractivity contribution < 1.29 is 22.7 Å². The fraction of sp³-hybridized carbons (Fsp3) is 0.571. The van der Waals surface area contributed by atoms with Gasteiger partial charge in [0.2, 0.25) is 10.1 Å². The smallest absolute Gasteiger partial charge is 0.445 e. The van der Waals surface area contributed by atoms with Gasteiger partial charge in [0, 0.05) is 0 Å². The van der Waals surface area contributed by atoms with Gasteiger partial charge in [-0.25, -0.2) is 4.79 Å². The van der Waals surface area contributed by atoms with Crippen molar-refractivity contribution in [3.63, 3.8) is 0 Å². The summed E-state index contributed by atoms with van der Waals surface area (Å²) in [7, 11) is 1.18. The third-order valence-electron chi connectivity index (χ3n) is 1.56. The third kappa shape index (κ3) is 3.05. The van der Waals surface area contributed by atoms with Gasteiger partial charge in [-0.1, -0.05) is 11.3 Å². The minimum Gasteiger partial charge on any atom is -0.467 e. The molecule has 1 N–H and O–H groups in total. The Balaban J connectivity index is 2.69. The molecule has 0 amide bonds. The van der Waals surface area contributed by atoms with Crippen molar-refractivity contribution >= 4 is 22.4 Å². The number of hydrogen-bond acceptors (Lipinski definition) is 6. The predicted octanol–water partition coefficient (Wildman–Crippen LogP) is 1.53. The molecular formula is C7H8F3N3O2S. The Morgan fingerprint density at radius 2 is 2.12 bits per heavy atom. The zero-order valence-corrected chi connectivity index (χ0v) is 9.15. The lowest BCUT2D eigenvalue weighted by Crippen LogP contribution is -2.27. The number of aromatic nitrogens is 2. The number of nitrogens with zero attached hydrogens (tertiary/aromatic N) is 2. The second kappa shape index (κ2) is 4.64. The summed E-state index contributed by atoms with van der Waals surface area (Å²) >= 11 is 0.330. The molecule has 1 unspecified atom stereocenters. The van der Waals surface area contributed by atoms with E-state index in [9.17, 15) is 18.0 Å². The first-order valence-electron chi connectivity index (χ1n) is 4.09. The molecular weight excluding hydrogens is 247 g/mol. The Labute approximate surface area is 92.6 Å². The molecule has 1 aromatic rings. The van der Waals surface area contributed by atoms with Crippen molar-refractivity contribution in [2.24, 2.45) is 0 Å². The van der Waals surface area contributed by atoms with Crippen LogP contribution in [0.15, 0.2) is 0 Å². The maximum absolute atomic E-state index is 12.2. The van der Waals surface area contributed by atoms with Gasteiger partial charge in [0.1, 0.15) is 6.04 Å². The Hall–Kier alpha value is -1.38. The van der Waals surface area contributed by atoms with Crippen LogP contribution in [0.4, 0.5) is 18.3 Å². The van der Waals surface area contributed by atoms with Crippen LogP contribution in [-0.2, 0) is 15.7 Å². The van der Waals surface area contributed by atoms with Crippen LogP contribution >= 0.6 is 11.3 Å². The van der Waals surface area contributed by atoms with E-state index in [4.69, 9.17) is 0 Å². The molecule has 1 aromatic heterocycles.